The molecule has 0 aliphatic carbocycles. The molecule has 116 valence electrons. The summed E-state index contributed by atoms with van der Waals surface area (Å²) in [4.78, 5) is 16.4. The van der Waals surface area contributed by atoms with E-state index in [9.17, 15) is 4.79 Å². The first-order valence-corrected chi connectivity index (χ1v) is 7.61. The molecule has 4 nitrogen and oxygen atoms in total. The lowest BCUT2D eigenvalue weighted by Crippen LogP contribution is -2.44. The lowest BCUT2D eigenvalue weighted by Gasteiger charge is -2.35. The monoisotopic (exact) mass is 281 g/mol. The van der Waals surface area contributed by atoms with Gasteiger partial charge in [0.25, 0.3) is 0 Å². The molecule has 0 aromatic rings. The van der Waals surface area contributed by atoms with Crippen molar-refractivity contribution >= 4 is 5.91 Å². The van der Waals surface area contributed by atoms with Gasteiger partial charge in [-0.1, -0.05) is 19.9 Å². The van der Waals surface area contributed by atoms with Gasteiger partial charge in [0.15, 0.2) is 0 Å². The molecule has 1 heterocycles. The van der Waals surface area contributed by atoms with Crippen molar-refractivity contribution in [3.8, 4) is 0 Å². The van der Waals surface area contributed by atoms with Crippen LogP contribution in [0.1, 0.15) is 33.1 Å². The smallest absolute Gasteiger partial charge is 0.222 e. The van der Waals surface area contributed by atoms with E-state index in [1.165, 1.54) is 0 Å². The topological polar surface area (TPSA) is 35.6 Å². The molecule has 0 unspecified atom stereocenters. The minimum absolute atomic E-state index is 0.135. The molecule has 20 heavy (non-hydrogen) atoms. The maximum atomic E-state index is 12.1. The van der Waals surface area contributed by atoms with Crippen LogP contribution in [0, 0.1) is 5.41 Å². The first-order chi connectivity index (χ1) is 9.35. The van der Waals surface area contributed by atoms with E-state index in [2.05, 4.69) is 49.6 Å². The van der Waals surface area contributed by atoms with Crippen molar-refractivity contribution in [2.75, 3.05) is 40.3 Å². The number of hydrogen-bond donors (Lipinski definition) is 1. The molecule has 1 N–H and O–H groups in total. The molecular formula is C16H31N3O. The molecule has 1 aliphatic rings. The van der Waals surface area contributed by atoms with E-state index in [0.29, 0.717) is 18.4 Å². The van der Waals surface area contributed by atoms with Gasteiger partial charge in [0.1, 0.15) is 0 Å². The zero-order valence-corrected chi connectivity index (χ0v) is 13.6. The standard InChI is InChI=1S/C16H31N3O/c1-6-10-17-11-9-14-7-8-15(20)19(14)13-16(2,3)12-18(4)5/h6,14,17H,1,7-13H2,2-5H3/t14-/m1/s1. The summed E-state index contributed by atoms with van der Waals surface area (Å²) in [5.41, 5.74) is 0.135. The lowest BCUT2D eigenvalue weighted by molar-refractivity contribution is -0.130. The van der Waals surface area contributed by atoms with Crippen LogP contribution < -0.4 is 5.32 Å². The number of carbonyl (C=O) groups excluding carboxylic acids is 1. The van der Waals surface area contributed by atoms with Gasteiger partial charge in [0.2, 0.25) is 5.91 Å². The first-order valence-electron chi connectivity index (χ1n) is 7.61. The number of rotatable bonds is 9. The number of likely N-dealkylation sites (tertiary alicyclic amines) is 1. The highest BCUT2D eigenvalue weighted by Gasteiger charge is 2.34. The lowest BCUT2D eigenvalue weighted by atomic mass is 9.91. The zero-order valence-electron chi connectivity index (χ0n) is 13.6. The second-order valence-electron chi connectivity index (χ2n) is 6.90. The average molecular weight is 281 g/mol. The third-order valence-electron chi connectivity index (χ3n) is 3.74. The Kier molecular flexibility index (Phi) is 6.69. The third kappa shape index (κ3) is 5.63. The molecule has 0 aromatic carbocycles. The van der Waals surface area contributed by atoms with Crippen LogP contribution in [0.2, 0.25) is 0 Å². The van der Waals surface area contributed by atoms with E-state index >= 15 is 0 Å². The third-order valence-corrected chi connectivity index (χ3v) is 3.74. The second kappa shape index (κ2) is 7.79. The zero-order chi connectivity index (χ0) is 15.2. The maximum Gasteiger partial charge on any atom is 0.222 e. The van der Waals surface area contributed by atoms with Crippen molar-refractivity contribution in [1.29, 1.82) is 0 Å². The Labute approximate surface area is 124 Å². The Morgan fingerprint density at radius 2 is 2.20 bits per heavy atom. The van der Waals surface area contributed by atoms with Crippen molar-refractivity contribution < 1.29 is 4.79 Å². The summed E-state index contributed by atoms with van der Waals surface area (Å²) in [6.07, 6.45) is 4.63. The van der Waals surface area contributed by atoms with Crippen molar-refractivity contribution in [2.45, 2.75) is 39.2 Å². The largest absolute Gasteiger partial charge is 0.339 e. The number of amides is 1. The molecule has 1 saturated heterocycles. The number of carbonyl (C=O) groups is 1. The van der Waals surface area contributed by atoms with E-state index in [0.717, 1.165) is 39.0 Å². The van der Waals surface area contributed by atoms with Crippen LogP contribution in [0.3, 0.4) is 0 Å². The van der Waals surface area contributed by atoms with E-state index in [4.69, 9.17) is 0 Å². The van der Waals surface area contributed by atoms with Gasteiger partial charge in [-0.05, 0) is 38.9 Å². The normalized spacial score (nSPS) is 19.9. The summed E-state index contributed by atoms with van der Waals surface area (Å²) in [5.74, 6) is 0.325. The van der Waals surface area contributed by atoms with Crippen LogP contribution >= 0.6 is 0 Å². The predicted molar refractivity (Wildman–Crippen MR) is 84.8 cm³/mol. The second-order valence-corrected chi connectivity index (χ2v) is 6.90. The maximum absolute atomic E-state index is 12.1. The molecule has 1 rings (SSSR count). The van der Waals surface area contributed by atoms with Crippen molar-refractivity contribution in [1.82, 2.24) is 15.1 Å². The molecule has 1 atom stereocenters. The highest BCUT2D eigenvalue weighted by molar-refractivity contribution is 5.78. The van der Waals surface area contributed by atoms with Gasteiger partial charge in [-0.15, -0.1) is 6.58 Å². The number of hydrogen-bond acceptors (Lipinski definition) is 3. The SMILES string of the molecule is C=CCNCC[C@H]1CCC(=O)N1CC(C)(C)CN(C)C. The van der Waals surface area contributed by atoms with Gasteiger partial charge in [0.05, 0.1) is 0 Å². The first kappa shape index (κ1) is 17.2. The quantitative estimate of drug-likeness (QED) is 0.516. The van der Waals surface area contributed by atoms with Crippen LogP contribution in [0.4, 0.5) is 0 Å². The molecule has 0 aromatic heterocycles. The summed E-state index contributed by atoms with van der Waals surface area (Å²) in [5, 5.41) is 3.33. The van der Waals surface area contributed by atoms with Gasteiger partial charge in [-0.3, -0.25) is 4.79 Å². The minimum Gasteiger partial charge on any atom is -0.339 e. The Hall–Kier alpha value is -0.870. The van der Waals surface area contributed by atoms with Crippen LogP contribution in [-0.4, -0.2) is 62.0 Å². The fourth-order valence-corrected chi connectivity index (χ4v) is 3.15. The van der Waals surface area contributed by atoms with Crippen LogP contribution in [-0.2, 0) is 4.79 Å². The highest BCUT2D eigenvalue weighted by Crippen LogP contribution is 2.27. The van der Waals surface area contributed by atoms with Gasteiger partial charge in [-0.2, -0.15) is 0 Å². The molecule has 0 radical (unpaired) electrons. The Morgan fingerprint density at radius 3 is 2.80 bits per heavy atom. The van der Waals surface area contributed by atoms with Crippen molar-refractivity contribution in [3.05, 3.63) is 12.7 Å². The summed E-state index contributed by atoms with van der Waals surface area (Å²) in [7, 11) is 4.18. The molecule has 1 fully saturated rings. The number of nitrogens with one attached hydrogen (secondary N) is 1. The molecule has 1 amide bonds. The van der Waals surface area contributed by atoms with Gasteiger partial charge < -0.3 is 15.1 Å². The van der Waals surface area contributed by atoms with Gasteiger partial charge in [0, 0.05) is 32.1 Å². The summed E-state index contributed by atoms with van der Waals surface area (Å²) in [6.45, 7) is 11.8. The minimum atomic E-state index is 0.135. The Morgan fingerprint density at radius 1 is 1.50 bits per heavy atom. The molecule has 0 spiro atoms. The van der Waals surface area contributed by atoms with E-state index in [1.54, 1.807) is 0 Å². The van der Waals surface area contributed by atoms with Gasteiger partial charge in [-0.25, -0.2) is 0 Å². The molecule has 0 saturated carbocycles. The Balaban J connectivity index is 2.51. The predicted octanol–water partition coefficient (Wildman–Crippen LogP) is 1.73. The number of nitrogens with zero attached hydrogens (tertiary/aromatic N) is 2. The van der Waals surface area contributed by atoms with E-state index in [-0.39, 0.29) is 5.41 Å². The van der Waals surface area contributed by atoms with Crippen molar-refractivity contribution in [3.63, 3.8) is 0 Å². The summed E-state index contributed by atoms with van der Waals surface area (Å²) < 4.78 is 0. The molecule has 1 aliphatic heterocycles. The summed E-state index contributed by atoms with van der Waals surface area (Å²) >= 11 is 0. The van der Waals surface area contributed by atoms with Crippen LogP contribution in [0.25, 0.3) is 0 Å². The van der Waals surface area contributed by atoms with Crippen molar-refractivity contribution in [2.24, 2.45) is 5.41 Å². The van der Waals surface area contributed by atoms with E-state index in [1.807, 2.05) is 6.08 Å². The van der Waals surface area contributed by atoms with Crippen LogP contribution in [0.5, 0.6) is 0 Å². The van der Waals surface area contributed by atoms with E-state index < -0.39 is 0 Å². The summed E-state index contributed by atoms with van der Waals surface area (Å²) in [6, 6.07) is 0.404. The Bertz CT molecular complexity index is 326. The fourth-order valence-electron chi connectivity index (χ4n) is 3.15. The highest BCUT2D eigenvalue weighted by atomic mass is 16.2. The fraction of sp³-hybridized carbons (Fsp3) is 0.812. The average Bonchev–Trinajstić information content (AvgIpc) is 2.65. The van der Waals surface area contributed by atoms with Crippen LogP contribution in [0.15, 0.2) is 12.7 Å². The van der Waals surface area contributed by atoms with Gasteiger partial charge >= 0.3 is 0 Å². The molecule has 0 bridgehead atoms. The molecule has 4 heteroatoms. The molecular weight excluding hydrogens is 250 g/mol.